The van der Waals surface area contributed by atoms with Crippen LogP contribution in [0.3, 0.4) is 0 Å². The minimum atomic E-state index is -1.25. The highest BCUT2D eigenvalue weighted by Gasteiger charge is 2.16. The summed E-state index contributed by atoms with van der Waals surface area (Å²) in [6, 6.07) is 8.44. The first-order chi connectivity index (χ1) is 11.0. The summed E-state index contributed by atoms with van der Waals surface area (Å²) in [5.74, 6) is -3.28. The highest BCUT2D eigenvalue weighted by molar-refractivity contribution is 5.94. The molecule has 1 unspecified atom stereocenters. The Bertz CT molecular complexity index is 677. The minimum absolute atomic E-state index is 0.155. The van der Waals surface area contributed by atoms with E-state index >= 15 is 0 Å². The van der Waals surface area contributed by atoms with Gasteiger partial charge >= 0.3 is 0 Å². The fourth-order valence-electron chi connectivity index (χ4n) is 1.77. The molecule has 0 fully saturated rings. The highest BCUT2D eigenvalue weighted by atomic mass is 19.2. The summed E-state index contributed by atoms with van der Waals surface area (Å²) >= 11 is 0. The zero-order valence-corrected chi connectivity index (χ0v) is 11.9. The number of hydrogen-bond acceptors (Lipinski definition) is 3. The van der Waals surface area contributed by atoms with E-state index in [1.807, 2.05) is 0 Å². The molecule has 7 heteroatoms. The van der Waals surface area contributed by atoms with Crippen molar-refractivity contribution in [1.29, 1.82) is 0 Å². The molecule has 23 heavy (non-hydrogen) atoms. The van der Waals surface area contributed by atoms with Crippen LogP contribution in [-0.2, 0) is 0 Å². The minimum Gasteiger partial charge on any atom is -0.491 e. The second kappa shape index (κ2) is 7.64. The molecule has 2 rings (SSSR count). The number of rotatable bonds is 6. The summed E-state index contributed by atoms with van der Waals surface area (Å²) in [6.07, 6.45) is -1.07. The number of benzene rings is 2. The summed E-state index contributed by atoms with van der Waals surface area (Å²) in [5.41, 5.74) is -0.448. The first-order valence-electron chi connectivity index (χ1n) is 6.76. The second-order valence-electron chi connectivity index (χ2n) is 4.73. The van der Waals surface area contributed by atoms with Crippen LogP contribution in [0.1, 0.15) is 10.4 Å². The van der Waals surface area contributed by atoms with Gasteiger partial charge in [-0.3, -0.25) is 4.79 Å². The van der Waals surface area contributed by atoms with Gasteiger partial charge in [0.15, 0.2) is 11.6 Å². The molecule has 4 nitrogen and oxygen atoms in total. The number of nitrogens with one attached hydrogen (secondary N) is 1. The first-order valence-corrected chi connectivity index (χ1v) is 6.76. The number of amides is 1. The molecule has 2 N–H and O–H groups in total. The predicted molar refractivity (Wildman–Crippen MR) is 76.6 cm³/mol. The van der Waals surface area contributed by atoms with Crippen LogP contribution in [0.5, 0.6) is 5.75 Å². The van der Waals surface area contributed by atoms with Crippen molar-refractivity contribution in [2.24, 2.45) is 0 Å². The molecule has 0 spiro atoms. The molecule has 0 bridgehead atoms. The van der Waals surface area contributed by atoms with Crippen LogP contribution >= 0.6 is 0 Å². The lowest BCUT2D eigenvalue weighted by Crippen LogP contribution is -2.35. The zero-order chi connectivity index (χ0) is 16.8. The molecule has 2 aromatic rings. The third-order valence-corrected chi connectivity index (χ3v) is 2.95. The van der Waals surface area contributed by atoms with Crippen LogP contribution in [-0.4, -0.2) is 30.3 Å². The number of aliphatic hydroxyl groups excluding tert-OH is 1. The first kappa shape index (κ1) is 16.8. The summed E-state index contributed by atoms with van der Waals surface area (Å²) in [5, 5.41) is 12.0. The molecule has 1 amide bonds. The molecule has 0 aliphatic heterocycles. The number of aliphatic hydroxyl groups is 1. The number of hydrogen-bond donors (Lipinski definition) is 2. The van der Waals surface area contributed by atoms with Gasteiger partial charge in [0.1, 0.15) is 24.3 Å². The molecule has 0 saturated heterocycles. The Hall–Kier alpha value is -2.54. The second-order valence-corrected chi connectivity index (χ2v) is 4.73. The molecule has 0 aromatic heterocycles. The maximum absolute atomic E-state index is 13.4. The standard InChI is InChI=1S/C16H14F3NO3/c17-10-4-6-12(7-5-10)23-9-11(21)8-20-16(22)13-2-1-3-14(18)15(13)19/h1-7,11,21H,8-9H2,(H,20,22). The SMILES string of the molecule is O=C(NCC(O)COc1ccc(F)cc1)c1cccc(F)c1F. The van der Waals surface area contributed by atoms with Crippen LogP contribution in [0.2, 0.25) is 0 Å². The van der Waals surface area contributed by atoms with E-state index in [9.17, 15) is 23.1 Å². The van der Waals surface area contributed by atoms with Gasteiger partial charge < -0.3 is 15.2 Å². The Balaban J connectivity index is 1.81. The van der Waals surface area contributed by atoms with E-state index in [1.54, 1.807) is 0 Å². The predicted octanol–water partition coefficient (Wildman–Crippen LogP) is 2.27. The van der Waals surface area contributed by atoms with Crippen molar-refractivity contribution in [3.8, 4) is 5.75 Å². The Morgan fingerprint density at radius 1 is 1.13 bits per heavy atom. The van der Waals surface area contributed by atoms with Crippen LogP contribution < -0.4 is 10.1 Å². The lowest BCUT2D eigenvalue weighted by Gasteiger charge is -2.13. The van der Waals surface area contributed by atoms with E-state index < -0.39 is 35.0 Å². The van der Waals surface area contributed by atoms with Gasteiger partial charge in [0, 0.05) is 6.54 Å². The third kappa shape index (κ3) is 4.72. The van der Waals surface area contributed by atoms with Gasteiger partial charge in [-0.2, -0.15) is 0 Å². The van der Waals surface area contributed by atoms with E-state index in [-0.39, 0.29) is 13.2 Å². The summed E-state index contributed by atoms with van der Waals surface area (Å²) in [4.78, 5) is 11.7. The molecular weight excluding hydrogens is 311 g/mol. The summed E-state index contributed by atoms with van der Waals surface area (Å²) in [6.45, 7) is -0.368. The fourth-order valence-corrected chi connectivity index (χ4v) is 1.77. The maximum Gasteiger partial charge on any atom is 0.254 e. The molecule has 122 valence electrons. The van der Waals surface area contributed by atoms with Gasteiger partial charge in [-0.05, 0) is 36.4 Å². The van der Waals surface area contributed by atoms with Gasteiger partial charge in [-0.15, -0.1) is 0 Å². The molecule has 0 aliphatic rings. The molecule has 0 heterocycles. The lowest BCUT2D eigenvalue weighted by molar-refractivity contribution is 0.0839. The van der Waals surface area contributed by atoms with Gasteiger partial charge in [0.05, 0.1) is 5.56 Å². The average Bonchev–Trinajstić information content (AvgIpc) is 2.54. The average molecular weight is 325 g/mol. The van der Waals surface area contributed by atoms with Crippen molar-refractivity contribution in [2.75, 3.05) is 13.2 Å². The Morgan fingerprint density at radius 2 is 1.83 bits per heavy atom. The fraction of sp³-hybridized carbons (Fsp3) is 0.188. The third-order valence-electron chi connectivity index (χ3n) is 2.95. The van der Waals surface area contributed by atoms with Gasteiger partial charge in [-0.1, -0.05) is 6.07 Å². The molecule has 0 radical (unpaired) electrons. The number of ether oxygens (including phenoxy) is 1. The van der Waals surface area contributed by atoms with E-state index in [1.165, 1.54) is 30.3 Å². The summed E-state index contributed by atoms with van der Waals surface area (Å²) in [7, 11) is 0. The topological polar surface area (TPSA) is 58.6 Å². The van der Waals surface area contributed by atoms with Crippen molar-refractivity contribution in [1.82, 2.24) is 5.32 Å². The van der Waals surface area contributed by atoms with Gasteiger partial charge in [-0.25, -0.2) is 13.2 Å². The Labute approximate surface area is 130 Å². The van der Waals surface area contributed by atoms with Crippen molar-refractivity contribution < 1.29 is 27.8 Å². The lowest BCUT2D eigenvalue weighted by atomic mass is 10.2. The molecular formula is C16H14F3NO3. The number of carbonyl (C=O) groups is 1. The molecule has 0 saturated carbocycles. The van der Waals surface area contributed by atoms with E-state index in [0.717, 1.165) is 12.1 Å². The molecule has 0 aliphatic carbocycles. The van der Waals surface area contributed by atoms with E-state index in [0.29, 0.717) is 5.75 Å². The highest BCUT2D eigenvalue weighted by Crippen LogP contribution is 2.12. The number of carbonyl (C=O) groups excluding carboxylic acids is 1. The molecule has 2 aromatic carbocycles. The van der Waals surface area contributed by atoms with Crippen molar-refractivity contribution in [3.63, 3.8) is 0 Å². The molecule has 1 atom stereocenters. The van der Waals surface area contributed by atoms with E-state index in [4.69, 9.17) is 4.74 Å². The van der Waals surface area contributed by atoms with Gasteiger partial charge in [0.25, 0.3) is 5.91 Å². The van der Waals surface area contributed by atoms with Crippen LogP contribution in [0.15, 0.2) is 42.5 Å². The van der Waals surface area contributed by atoms with Crippen molar-refractivity contribution >= 4 is 5.91 Å². The summed E-state index contributed by atoms with van der Waals surface area (Å²) < 4.78 is 44.4. The van der Waals surface area contributed by atoms with Crippen molar-refractivity contribution in [2.45, 2.75) is 6.10 Å². The monoisotopic (exact) mass is 325 g/mol. The van der Waals surface area contributed by atoms with Crippen LogP contribution in [0.25, 0.3) is 0 Å². The quantitative estimate of drug-likeness (QED) is 0.857. The van der Waals surface area contributed by atoms with Crippen LogP contribution in [0.4, 0.5) is 13.2 Å². The Kier molecular flexibility index (Phi) is 5.59. The van der Waals surface area contributed by atoms with Gasteiger partial charge in [0.2, 0.25) is 0 Å². The normalized spacial score (nSPS) is 11.8. The zero-order valence-electron chi connectivity index (χ0n) is 11.9. The maximum atomic E-state index is 13.4. The smallest absolute Gasteiger partial charge is 0.254 e. The largest absolute Gasteiger partial charge is 0.491 e. The van der Waals surface area contributed by atoms with Crippen LogP contribution in [0, 0.1) is 17.5 Å². The number of halogens is 3. The van der Waals surface area contributed by atoms with Crippen molar-refractivity contribution in [3.05, 3.63) is 65.5 Å². The Morgan fingerprint density at radius 3 is 2.52 bits per heavy atom. The van der Waals surface area contributed by atoms with E-state index in [2.05, 4.69) is 5.32 Å².